The summed E-state index contributed by atoms with van der Waals surface area (Å²) in [7, 11) is 0. The van der Waals surface area contributed by atoms with Gasteiger partial charge in [0.25, 0.3) is 5.91 Å². The van der Waals surface area contributed by atoms with Gasteiger partial charge in [-0.25, -0.2) is 4.98 Å². The number of carbonyl (C=O) groups excluding carboxylic acids is 1. The molecule has 1 aliphatic carbocycles. The third kappa shape index (κ3) is 4.08. The summed E-state index contributed by atoms with van der Waals surface area (Å²) in [5.41, 5.74) is 6.18. The normalized spacial score (nSPS) is 13.7. The third-order valence-electron chi connectivity index (χ3n) is 4.10. The number of alkyl halides is 2. The van der Waals surface area contributed by atoms with E-state index in [2.05, 4.69) is 16.5 Å². The number of primary amides is 1. The number of benzene rings is 1. The van der Waals surface area contributed by atoms with Crippen molar-refractivity contribution in [1.29, 1.82) is 5.26 Å². The van der Waals surface area contributed by atoms with Crippen LogP contribution < -0.4 is 10.5 Å². The van der Waals surface area contributed by atoms with Gasteiger partial charge in [-0.2, -0.15) is 19.0 Å². The highest BCUT2D eigenvalue weighted by atomic mass is 19.3. The second kappa shape index (κ2) is 7.11. The van der Waals surface area contributed by atoms with Gasteiger partial charge in [0, 0.05) is 24.1 Å². The van der Waals surface area contributed by atoms with Gasteiger partial charge in [0.2, 0.25) is 11.7 Å². The van der Waals surface area contributed by atoms with Crippen molar-refractivity contribution in [3.63, 3.8) is 0 Å². The van der Waals surface area contributed by atoms with Crippen LogP contribution in [-0.2, 0) is 12.3 Å². The van der Waals surface area contributed by atoms with E-state index in [1.54, 1.807) is 24.3 Å². The van der Waals surface area contributed by atoms with E-state index >= 15 is 0 Å². The largest absolute Gasteiger partial charge is 0.438 e. The number of hydrogen-bond donors (Lipinski definition) is 1. The number of rotatable bonds is 7. The first-order valence-electron chi connectivity index (χ1n) is 8.21. The fourth-order valence-electron chi connectivity index (χ4n) is 2.52. The van der Waals surface area contributed by atoms with Gasteiger partial charge in [-0.15, -0.1) is 0 Å². The Bertz CT molecular complexity index is 949. The lowest BCUT2D eigenvalue weighted by Gasteiger charge is -2.16. The van der Waals surface area contributed by atoms with Gasteiger partial charge in [0.15, 0.2) is 0 Å². The van der Waals surface area contributed by atoms with Crippen molar-refractivity contribution in [3.8, 4) is 17.7 Å². The summed E-state index contributed by atoms with van der Waals surface area (Å²) >= 11 is 0. The van der Waals surface area contributed by atoms with E-state index in [1.807, 2.05) is 6.07 Å². The molecule has 0 atom stereocenters. The molecule has 0 aliphatic heterocycles. The van der Waals surface area contributed by atoms with Gasteiger partial charge in [0.1, 0.15) is 11.3 Å². The Morgan fingerprint density at radius 2 is 2.19 bits per heavy atom. The highest BCUT2D eigenvalue weighted by Crippen LogP contribution is 2.48. The topological polar surface area (TPSA) is 102 Å². The molecular weight excluding hydrogens is 354 g/mol. The van der Waals surface area contributed by atoms with Crippen LogP contribution in [0.3, 0.4) is 0 Å². The average Bonchev–Trinajstić information content (AvgIpc) is 3.47. The van der Waals surface area contributed by atoms with Crippen LogP contribution in [0.5, 0.6) is 11.6 Å². The van der Waals surface area contributed by atoms with E-state index in [1.165, 1.54) is 0 Å². The molecule has 138 valence electrons. The highest BCUT2D eigenvalue weighted by Gasteiger charge is 2.50. The Kier molecular flexibility index (Phi) is 4.86. The van der Waals surface area contributed by atoms with E-state index in [-0.39, 0.29) is 17.2 Å². The summed E-state index contributed by atoms with van der Waals surface area (Å²) in [6.45, 7) is 3.61. The van der Waals surface area contributed by atoms with E-state index in [9.17, 15) is 13.6 Å². The Morgan fingerprint density at radius 3 is 2.81 bits per heavy atom. The molecule has 0 unspecified atom stereocenters. The van der Waals surface area contributed by atoms with Crippen LogP contribution >= 0.6 is 0 Å². The first kappa shape index (κ1) is 18.5. The Balaban J connectivity index is 1.93. The molecule has 1 aliphatic rings. The molecule has 27 heavy (non-hydrogen) atoms. The van der Waals surface area contributed by atoms with Crippen molar-refractivity contribution in [1.82, 2.24) is 9.97 Å². The van der Waals surface area contributed by atoms with Crippen LogP contribution in [0.15, 0.2) is 42.6 Å². The van der Waals surface area contributed by atoms with E-state index in [4.69, 9.17) is 15.7 Å². The maximum absolute atomic E-state index is 14.3. The molecule has 1 aromatic carbocycles. The number of carbonyl (C=O) groups is 1. The zero-order valence-corrected chi connectivity index (χ0v) is 14.3. The fraction of sp³-hybridized carbons (Fsp3) is 0.263. The van der Waals surface area contributed by atoms with E-state index in [0.717, 1.165) is 11.8 Å². The predicted octanol–water partition coefficient (Wildman–Crippen LogP) is 3.49. The second-order valence-electron chi connectivity index (χ2n) is 6.32. The molecule has 0 radical (unpaired) electrons. The Morgan fingerprint density at radius 1 is 1.44 bits per heavy atom. The molecule has 0 saturated heterocycles. The molecule has 1 heterocycles. The van der Waals surface area contributed by atoms with Crippen molar-refractivity contribution in [2.45, 2.75) is 25.2 Å². The van der Waals surface area contributed by atoms with Gasteiger partial charge >= 0.3 is 5.92 Å². The van der Waals surface area contributed by atoms with Crippen LogP contribution in [0.4, 0.5) is 8.78 Å². The number of nitrogens with zero attached hydrogens (tertiary/aromatic N) is 3. The van der Waals surface area contributed by atoms with Crippen molar-refractivity contribution in [2.24, 2.45) is 11.7 Å². The molecule has 1 saturated carbocycles. The number of aromatic nitrogens is 2. The van der Waals surface area contributed by atoms with E-state index in [0.29, 0.717) is 24.8 Å². The maximum Gasteiger partial charge on any atom is 0.309 e. The molecule has 6 nitrogen and oxygen atoms in total. The van der Waals surface area contributed by atoms with Crippen LogP contribution in [-0.4, -0.2) is 15.9 Å². The number of allylic oxidation sites excluding steroid dienone is 1. The fourth-order valence-corrected chi connectivity index (χ4v) is 2.52. The number of ether oxygens (including phenoxy) is 1. The number of nitriles is 1. The molecule has 2 N–H and O–H groups in total. The number of nitrogens with two attached hydrogens (primary N) is 1. The second-order valence-corrected chi connectivity index (χ2v) is 6.32. The van der Waals surface area contributed by atoms with Crippen LogP contribution in [0, 0.1) is 17.2 Å². The van der Waals surface area contributed by atoms with E-state index < -0.39 is 23.6 Å². The standard InChI is InChI=1S/C19H16F2N4O2/c1-11(9-22)7-12-3-2-4-14(8-12)27-17-15(16(23)26)10-24-18(25-17)19(20,21)13-5-6-13/h2-4,8,10,13H,1,5-7H2,(H2,23,26). The molecule has 0 bridgehead atoms. The van der Waals surface area contributed by atoms with Crippen LogP contribution in [0.1, 0.15) is 34.6 Å². The molecule has 8 heteroatoms. The van der Waals surface area contributed by atoms with Crippen LogP contribution in [0.2, 0.25) is 0 Å². The minimum atomic E-state index is -3.19. The van der Waals surface area contributed by atoms with Gasteiger partial charge in [0.05, 0.1) is 6.07 Å². The zero-order chi connectivity index (χ0) is 19.6. The van der Waals surface area contributed by atoms with Gasteiger partial charge in [-0.3, -0.25) is 4.79 Å². The molecule has 1 amide bonds. The summed E-state index contributed by atoms with van der Waals surface area (Å²) in [6, 6.07) is 8.55. The summed E-state index contributed by atoms with van der Waals surface area (Å²) in [5, 5.41) is 8.83. The van der Waals surface area contributed by atoms with Crippen LogP contribution in [0.25, 0.3) is 0 Å². The van der Waals surface area contributed by atoms with Crippen molar-refractivity contribution in [3.05, 3.63) is 59.6 Å². The van der Waals surface area contributed by atoms with Crippen molar-refractivity contribution in [2.75, 3.05) is 0 Å². The van der Waals surface area contributed by atoms with Crippen molar-refractivity contribution >= 4 is 5.91 Å². The lowest BCUT2D eigenvalue weighted by molar-refractivity contribution is -0.0379. The summed E-state index contributed by atoms with van der Waals surface area (Å²) < 4.78 is 34.2. The number of hydrogen-bond acceptors (Lipinski definition) is 5. The van der Waals surface area contributed by atoms with Gasteiger partial charge in [-0.1, -0.05) is 18.7 Å². The first-order chi connectivity index (χ1) is 12.8. The quantitative estimate of drug-likeness (QED) is 0.752. The molecule has 0 spiro atoms. The average molecular weight is 370 g/mol. The summed E-state index contributed by atoms with van der Waals surface area (Å²) in [6.07, 6.45) is 2.06. The summed E-state index contributed by atoms with van der Waals surface area (Å²) in [4.78, 5) is 19.0. The minimum absolute atomic E-state index is 0.197. The monoisotopic (exact) mass is 370 g/mol. The number of halogens is 2. The van der Waals surface area contributed by atoms with Crippen molar-refractivity contribution < 1.29 is 18.3 Å². The Hall–Kier alpha value is -3.34. The first-order valence-corrected chi connectivity index (χ1v) is 8.21. The Labute approximate surface area is 154 Å². The third-order valence-corrected chi connectivity index (χ3v) is 4.10. The number of amides is 1. The highest BCUT2D eigenvalue weighted by molar-refractivity contribution is 5.94. The molecule has 3 rings (SSSR count). The molecule has 2 aromatic rings. The SMILES string of the molecule is C=C(C#N)Cc1cccc(Oc2nc(C(F)(F)C3CC3)ncc2C(N)=O)c1. The smallest absolute Gasteiger partial charge is 0.309 e. The van der Waals surface area contributed by atoms with Gasteiger partial charge in [-0.05, 0) is 30.5 Å². The molecule has 1 aromatic heterocycles. The van der Waals surface area contributed by atoms with Gasteiger partial charge < -0.3 is 10.5 Å². The molecular formula is C19H16F2N4O2. The maximum atomic E-state index is 14.3. The predicted molar refractivity (Wildman–Crippen MR) is 92.1 cm³/mol. The lowest BCUT2D eigenvalue weighted by atomic mass is 10.1. The lowest BCUT2D eigenvalue weighted by Crippen LogP contribution is -2.22. The zero-order valence-electron chi connectivity index (χ0n) is 14.3. The summed E-state index contributed by atoms with van der Waals surface area (Å²) in [5.74, 6) is -5.64. The molecule has 1 fully saturated rings. The minimum Gasteiger partial charge on any atom is -0.438 e.